The van der Waals surface area contributed by atoms with Crippen molar-refractivity contribution in [1.82, 2.24) is 4.98 Å². The normalized spacial score (nSPS) is 10.5. The first kappa shape index (κ1) is 22.4. The van der Waals surface area contributed by atoms with Crippen LogP contribution < -0.4 is 15.4 Å². The number of thioether (sulfide) groups is 1. The highest BCUT2D eigenvalue weighted by Gasteiger charge is 2.12. The topological polar surface area (TPSA) is 80.3 Å². The van der Waals surface area contributed by atoms with Crippen LogP contribution in [0.2, 0.25) is 10.0 Å². The molecule has 0 saturated heterocycles. The lowest BCUT2D eigenvalue weighted by Crippen LogP contribution is -2.15. The fraction of sp³-hybridized carbons (Fsp3) is 0.150. The fourth-order valence-electron chi connectivity index (χ4n) is 2.43. The molecule has 1 heterocycles. The molecule has 0 spiro atoms. The zero-order chi connectivity index (χ0) is 21.5. The molecule has 0 aliphatic rings. The summed E-state index contributed by atoms with van der Waals surface area (Å²) in [4.78, 5) is 28.8. The van der Waals surface area contributed by atoms with Crippen LogP contribution in [0.25, 0.3) is 0 Å². The lowest BCUT2D eigenvalue weighted by Gasteiger charge is -2.10. The van der Waals surface area contributed by atoms with E-state index >= 15 is 0 Å². The Balaban J connectivity index is 1.50. The summed E-state index contributed by atoms with van der Waals surface area (Å²) in [7, 11) is 1.52. The fourth-order valence-corrected chi connectivity index (χ4v) is 4.37. The van der Waals surface area contributed by atoms with Gasteiger partial charge >= 0.3 is 0 Å². The standard InChI is InChI=1S/C20H17Cl2N3O3S2/c1-28-17-7-4-13(22)8-16(17)25-18(26)9-15-10-29-20(24-15)30-11-19(27)23-14-5-2-12(21)3-6-14/h2-8,10H,9,11H2,1H3,(H,23,27)(H,25,26). The van der Waals surface area contributed by atoms with Crippen molar-refractivity contribution in [2.75, 3.05) is 23.5 Å². The van der Waals surface area contributed by atoms with Gasteiger partial charge in [0.1, 0.15) is 5.75 Å². The zero-order valence-electron chi connectivity index (χ0n) is 15.8. The molecule has 2 aromatic carbocycles. The van der Waals surface area contributed by atoms with Gasteiger partial charge in [0, 0.05) is 21.1 Å². The van der Waals surface area contributed by atoms with E-state index in [9.17, 15) is 9.59 Å². The molecule has 0 aliphatic heterocycles. The number of aromatic nitrogens is 1. The van der Waals surface area contributed by atoms with Gasteiger partial charge in [0.15, 0.2) is 4.34 Å². The van der Waals surface area contributed by atoms with Crippen molar-refractivity contribution in [3.63, 3.8) is 0 Å². The van der Waals surface area contributed by atoms with Crippen molar-refractivity contribution in [1.29, 1.82) is 0 Å². The molecule has 10 heteroatoms. The Hall–Kier alpha value is -2.26. The Morgan fingerprint density at radius 1 is 1.07 bits per heavy atom. The minimum atomic E-state index is -0.238. The zero-order valence-corrected chi connectivity index (χ0v) is 18.9. The molecule has 0 fully saturated rings. The number of thiazole rings is 1. The van der Waals surface area contributed by atoms with Gasteiger partial charge in [-0.15, -0.1) is 11.3 Å². The molecule has 0 aliphatic carbocycles. The lowest BCUT2D eigenvalue weighted by molar-refractivity contribution is -0.116. The molecule has 0 bridgehead atoms. The molecule has 0 saturated carbocycles. The predicted molar refractivity (Wildman–Crippen MR) is 123 cm³/mol. The Kier molecular flexibility index (Phi) is 7.98. The molecule has 1 aromatic heterocycles. The van der Waals surface area contributed by atoms with Crippen LogP contribution in [0, 0.1) is 0 Å². The second-order valence-corrected chi connectivity index (χ2v) is 8.97. The Morgan fingerprint density at radius 2 is 1.80 bits per heavy atom. The summed E-state index contributed by atoms with van der Waals surface area (Å²) < 4.78 is 5.94. The van der Waals surface area contributed by atoms with Crippen molar-refractivity contribution < 1.29 is 14.3 Å². The van der Waals surface area contributed by atoms with Crippen LogP contribution in [-0.4, -0.2) is 29.7 Å². The highest BCUT2D eigenvalue weighted by Crippen LogP contribution is 2.28. The third kappa shape index (κ3) is 6.63. The van der Waals surface area contributed by atoms with Gasteiger partial charge in [0.2, 0.25) is 11.8 Å². The summed E-state index contributed by atoms with van der Waals surface area (Å²) in [6.07, 6.45) is 0.101. The number of hydrogen-bond acceptors (Lipinski definition) is 6. The summed E-state index contributed by atoms with van der Waals surface area (Å²) in [6.45, 7) is 0. The number of carbonyl (C=O) groups is 2. The Bertz CT molecular complexity index is 1040. The van der Waals surface area contributed by atoms with Crippen molar-refractivity contribution in [2.24, 2.45) is 0 Å². The molecule has 156 valence electrons. The molecule has 30 heavy (non-hydrogen) atoms. The Labute approximate surface area is 191 Å². The first-order valence-corrected chi connectivity index (χ1v) is 11.3. The highest BCUT2D eigenvalue weighted by atomic mass is 35.5. The molecule has 2 N–H and O–H groups in total. The number of carbonyl (C=O) groups excluding carboxylic acids is 2. The summed E-state index contributed by atoms with van der Waals surface area (Å²) in [6, 6.07) is 11.9. The number of methoxy groups -OCH3 is 1. The van der Waals surface area contributed by atoms with Crippen LogP contribution in [-0.2, 0) is 16.0 Å². The van der Waals surface area contributed by atoms with Crippen LogP contribution in [0.3, 0.4) is 0 Å². The molecule has 0 radical (unpaired) electrons. The molecule has 3 rings (SSSR count). The van der Waals surface area contributed by atoms with Crippen LogP contribution >= 0.6 is 46.3 Å². The number of hydrogen-bond donors (Lipinski definition) is 2. The van der Waals surface area contributed by atoms with Crippen LogP contribution in [0.15, 0.2) is 52.2 Å². The summed E-state index contributed by atoms with van der Waals surface area (Å²) in [5.74, 6) is 0.346. The third-order valence-corrected chi connectivity index (χ3v) is 6.32. The summed E-state index contributed by atoms with van der Waals surface area (Å²) in [5, 5.41) is 8.47. The maximum Gasteiger partial charge on any atom is 0.234 e. The van der Waals surface area contributed by atoms with Crippen molar-refractivity contribution in [3.8, 4) is 5.75 Å². The maximum atomic E-state index is 12.3. The average molecular weight is 482 g/mol. The Morgan fingerprint density at radius 3 is 2.53 bits per heavy atom. The molecule has 2 amide bonds. The van der Waals surface area contributed by atoms with E-state index in [1.807, 2.05) is 0 Å². The second-order valence-electron chi connectivity index (χ2n) is 6.02. The van der Waals surface area contributed by atoms with Gasteiger partial charge in [0.25, 0.3) is 0 Å². The first-order chi connectivity index (χ1) is 14.4. The van der Waals surface area contributed by atoms with Crippen LogP contribution in [0.1, 0.15) is 5.69 Å². The largest absolute Gasteiger partial charge is 0.495 e. The van der Waals surface area contributed by atoms with E-state index in [0.29, 0.717) is 37.2 Å². The van der Waals surface area contributed by atoms with Gasteiger partial charge in [-0.3, -0.25) is 9.59 Å². The van der Waals surface area contributed by atoms with Gasteiger partial charge in [-0.05, 0) is 42.5 Å². The van der Waals surface area contributed by atoms with Gasteiger partial charge in [0.05, 0.1) is 30.7 Å². The van der Waals surface area contributed by atoms with E-state index in [1.54, 1.807) is 47.8 Å². The van der Waals surface area contributed by atoms with Gasteiger partial charge in [-0.1, -0.05) is 35.0 Å². The van der Waals surface area contributed by atoms with Crippen LogP contribution in [0.4, 0.5) is 11.4 Å². The SMILES string of the molecule is COc1ccc(Cl)cc1NC(=O)Cc1csc(SCC(=O)Nc2ccc(Cl)cc2)n1. The van der Waals surface area contributed by atoms with Gasteiger partial charge in [-0.2, -0.15) is 0 Å². The number of anilines is 2. The number of halogens is 2. The number of nitrogens with one attached hydrogen (secondary N) is 2. The molecular weight excluding hydrogens is 465 g/mol. The van der Waals surface area contributed by atoms with E-state index < -0.39 is 0 Å². The number of ether oxygens (including phenoxy) is 1. The van der Waals surface area contributed by atoms with Gasteiger partial charge < -0.3 is 15.4 Å². The van der Waals surface area contributed by atoms with E-state index in [2.05, 4.69) is 15.6 Å². The van der Waals surface area contributed by atoms with Crippen LogP contribution in [0.5, 0.6) is 5.75 Å². The van der Waals surface area contributed by atoms with Crippen molar-refractivity contribution in [2.45, 2.75) is 10.8 Å². The minimum absolute atomic E-state index is 0.101. The number of amides is 2. The van der Waals surface area contributed by atoms with Gasteiger partial charge in [-0.25, -0.2) is 4.98 Å². The van der Waals surface area contributed by atoms with Crippen molar-refractivity contribution >= 4 is 69.5 Å². The first-order valence-electron chi connectivity index (χ1n) is 8.69. The number of rotatable bonds is 8. The monoisotopic (exact) mass is 481 g/mol. The minimum Gasteiger partial charge on any atom is -0.495 e. The third-order valence-electron chi connectivity index (χ3n) is 3.76. The summed E-state index contributed by atoms with van der Waals surface area (Å²) >= 11 is 14.5. The molecule has 0 unspecified atom stereocenters. The predicted octanol–water partition coefficient (Wildman–Crippen LogP) is 5.37. The number of nitrogens with zero attached hydrogens (tertiary/aromatic N) is 1. The van der Waals surface area contributed by atoms with E-state index in [4.69, 9.17) is 27.9 Å². The van der Waals surface area contributed by atoms with Crippen molar-refractivity contribution in [3.05, 3.63) is 63.6 Å². The van der Waals surface area contributed by atoms with E-state index in [0.717, 1.165) is 0 Å². The molecule has 0 atom stereocenters. The second kappa shape index (κ2) is 10.7. The smallest absolute Gasteiger partial charge is 0.234 e. The lowest BCUT2D eigenvalue weighted by atomic mass is 10.2. The average Bonchev–Trinajstić information content (AvgIpc) is 3.15. The number of benzene rings is 2. The maximum absolute atomic E-state index is 12.3. The summed E-state index contributed by atoms with van der Waals surface area (Å²) in [5.41, 5.74) is 1.80. The molecule has 3 aromatic rings. The molecule has 6 nitrogen and oxygen atoms in total. The molecular formula is C20H17Cl2N3O3S2. The highest BCUT2D eigenvalue weighted by molar-refractivity contribution is 8.01. The van der Waals surface area contributed by atoms with E-state index in [1.165, 1.54) is 30.2 Å². The van der Waals surface area contributed by atoms with E-state index in [-0.39, 0.29) is 24.0 Å². The quantitative estimate of drug-likeness (QED) is 0.422.